The molecule has 2 N–H and O–H groups in total. The van der Waals surface area contributed by atoms with Gasteiger partial charge in [-0.15, -0.1) is 4.91 Å². The van der Waals surface area contributed by atoms with E-state index in [1.54, 1.807) is 0 Å². The van der Waals surface area contributed by atoms with Crippen LogP contribution in [-0.4, -0.2) is 16.1 Å². The lowest BCUT2D eigenvalue weighted by atomic mass is 10.1. The predicted octanol–water partition coefficient (Wildman–Crippen LogP) is 1.00. The molecular weight excluding hydrogens is 162 g/mol. The molecule has 0 heterocycles. The molecule has 1 aromatic rings. The molecule has 12 heavy (non-hydrogen) atoms. The molecule has 0 bridgehead atoms. The van der Waals surface area contributed by atoms with Crippen molar-refractivity contribution in [2.75, 3.05) is 0 Å². The molecule has 5 nitrogen and oxygen atoms in total. The van der Waals surface area contributed by atoms with Crippen molar-refractivity contribution in [1.82, 2.24) is 0 Å². The van der Waals surface area contributed by atoms with E-state index in [1.807, 2.05) is 0 Å². The number of aromatic hydroxyl groups is 2. The second kappa shape index (κ2) is 3.00. The van der Waals surface area contributed by atoms with Gasteiger partial charge in [-0.05, 0) is 12.1 Å². The van der Waals surface area contributed by atoms with E-state index in [9.17, 15) is 9.70 Å². The summed E-state index contributed by atoms with van der Waals surface area (Å²) in [6.45, 7) is 0. The van der Waals surface area contributed by atoms with Gasteiger partial charge in [0.05, 0.1) is 0 Å². The number of phenols is 2. The minimum atomic E-state index is -1.19. The zero-order chi connectivity index (χ0) is 9.14. The maximum Gasteiger partial charge on any atom is 0.324 e. The molecule has 0 saturated heterocycles. The summed E-state index contributed by atoms with van der Waals surface area (Å²) in [6, 6.07) is 3.70. The standard InChI is InChI=1S/C7H5NO4/c9-4-2-1-3-5(10)6(4)7(11)8-12/h1-3,9-10H. The SMILES string of the molecule is O=NC(=O)c1c(O)cccc1O. The van der Waals surface area contributed by atoms with Gasteiger partial charge < -0.3 is 10.2 Å². The Hall–Kier alpha value is -1.91. The minimum Gasteiger partial charge on any atom is -0.507 e. The summed E-state index contributed by atoms with van der Waals surface area (Å²) in [5.41, 5.74) is -0.465. The van der Waals surface area contributed by atoms with E-state index in [2.05, 4.69) is 5.18 Å². The van der Waals surface area contributed by atoms with E-state index < -0.39 is 23.0 Å². The van der Waals surface area contributed by atoms with E-state index in [1.165, 1.54) is 18.2 Å². The van der Waals surface area contributed by atoms with E-state index >= 15 is 0 Å². The van der Waals surface area contributed by atoms with Crippen LogP contribution in [0, 0.1) is 4.91 Å². The van der Waals surface area contributed by atoms with Gasteiger partial charge in [0.25, 0.3) is 0 Å². The van der Waals surface area contributed by atoms with Gasteiger partial charge in [-0.3, -0.25) is 4.79 Å². The molecule has 0 saturated carbocycles. The van der Waals surface area contributed by atoms with Crippen LogP contribution in [0.1, 0.15) is 10.4 Å². The molecule has 62 valence electrons. The van der Waals surface area contributed by atoms with Crippen LogP contribution >= 0.6 is 0 Å². The molecule has 0 spiro atoms. The van der Waals surface area contributed by atoms with Crippen molar-refractivity contribution in [2.45, 2.75) is 0 Å². The van der Waals surface area contributed by atoms with Gasteiger partial charge in [0.15, 0.2) is 0 Å². The molecule has 0 fully saturated rings. The van der Waals surface area contributed by atoms with E-state index in [0.717, 1.165) is 0 Å². The Morgan fingerprint density at radius 2 is 1.75 bits per heavy atom. The number of carbonyl (C=O) groups excluding carboxylic acids is 1. The quantitative estimate of drug-likeness (QED) is 0.611. The number of benzene rings is 1. The Morgan fingerprint density at radius 1 is 1.25 bits per heavy atom. The number of nitrogens with zero attached hydrogens (tertiary/aromatic N) is 1. The molecular formula is C7H5NO4. The summed E-state index contributed by atoms with van der Waals surface area (Å²) < 4.78 is 0. The topological polar surface area (TPSA) is 87.0 Å². The fourth-order valence-corrected chi connectivity index (χ4v) is 0.793. The minimum absolute atomic E-state index is 0.459. The Labute approximate surface area is 67.2 Å². The summed E-state index contributed by atoms with van der Waals surface area (Å²) in [7, 11) is 0. The highest BCUT2D eigenvalue weighted by atomic mass is 16.3. The second-order valence-corrected chi connectivity index (χ2v) is 2.07. The first-order valence-corrected chi connectivity index (χ1v) is 3.05. The summed E-state index contributed by atoms with van der Waals surface area (Å²) >= 11 is 0. The lowest BCUT2D eigenvalue weighted by Gasteiger charge is -1.99. The number of nitroso groups, excluding NO2 is 1. The summed E-state index contributed by atoms with van der Waals surface area (Å²) in [6.07, 6.45) is 0. The Balaban J connectivity index is 3.30. The number of amides is 1. The van der Waals surface area contributed by atoms with Gasteiger partial charge in [-0.25, -0.2) is 0 Å². The van der Waals surface area contributed by atoms with E-state index in [4.69, 9.17) is 10.2 Å². The molecule has 0 atom stereocenters. The molecule has 1 amide bonds. The second-order valence-electron chi connectivity index (χ2n) is 2.07. The summed E-state index contributed by atoms with van der Waals surface area (Å²) in [4.78, 5) is 20.4. The number of phenolic OH excluding ortho intramolecular Hbond substituents is 2. The number of hydrogen-bond donors (Lipinski definition) is 2. The first-order valence-electron chi connectivity index (χ1n) is 3.05. The van der Waals surface area contributed by atoms with Gasteiger partial charge in [0.2, 0.25) is 0 Å². The fraction of sp³-hybridized carbons (Fsp3) is 0. The summed E-state index contributed by atoms with van der Waals surface area (Å²) in [5.74, 6) is -2.11. The molecule has 5 heteroatoms. The van der Waals surface area contributed by atoms with Crippen molar-refractivity contribution in [3.05, 3.63) is 28.7 Å². The third-order valence-corrected chi connectivity index (χ3v) is 1.32. The highest BCUT2D eigenvalue weighted by Gasteiger charge is 2.15. The molecule has 0 aliphatic rings. The average molecular weight is 167 g/mol. The van der Waals surface area contributed by atoms with Crippen LogP contribution in [0.15, 0.2) is 23.4 Å². The molecule has 0 aromatic heterocycles. The lowest BCUT2D eigenvalue weighted by molar-refractivity contribution is 0.0995. The molecule has 0 aliphatic heterocycles. The van der Waals surface area contributed by atoms with Crippen molar-refractivity contribution in [2.24, 2.45) is 5.18 Å². The van der Waals surface area contributed by atoms with Crippen LogP contribution in [-0.2, 0) is 0 Å². The highest BCUT2D eigenvalue weighted by Crippen LogP contribution is 2.26. The van der Waals surface area contributed by atoms with Crippen LogP contribution in [0.3, 0.4) is 0 Å². The smallest absolute Gasteiger partial charge is 0.324 e. The predicted molar refractivity (Wildman–Crippen MR) is 39.9 cm³/mol. The monoisotopic (exact) mass is 167 g/mol. The fourth-order valence-electron chi connectivity index (χ4n) is 0.793. The highest BCUT2D eigenvalue weighted by molar-refractivity contribution is 5.99. The van der Waals surface area contributed by atoms with Crippen molar-refractivity contribution < 1.29 is 15.0 Å². The van der Waals surface area contributed by atoms with Gasteiger partial charge in [-0.1, -0.05) is 6.07 Å². The molecule has 0 aliphatic carbocycles. The van der Waals surface area contributed by atoms with Crippen molar-refractivity contribution >= 4 is 5.91 Å². The van der Waals surface area contributed by atoms with Crippen molar-refractivity contribution in [1.29, 1.82) is 0 Å². The van der Waals surface area contributed by atoms with Crippen LogP contribution in [0.4, 0.5) is 0 Å². The average Bonchev–Trinajstić information content (AvgIpc) is 2.03. The van der Waals surface area contributed by atoms with Crippen LogP contribution in [0.25, 0.3) is 0 Å². The first kappa shape index (κ1) is 8.19. The van der Waals surface area contributed by atoms with Crippen molar-refractivity contribution in [3.8, 4) is 11.5 Å². The van der Waals surface area contributed by atoms with Gasteiger partial charge in [-0.2, -0.15) is 0 Å². The molecule has 1 rings (SSSR count). The molecule has 0 radical (unpaired) electrons. The molecule has 1 aromatic carbocycles. The van der Waals surface area contributed by atoms with Gasteiger partial charge in [0.1, 0.15) is 17.1 Å². The van der Waals surface area contributed by atoms with Crippen LogP contribution < -0.4 is 0 Å². The number of carbonyl (C=O) groups is 1. The Kier molecular flexibility index (Phi) is 2.05. The number of hydrogen-bond acceptors (Lipinski definition) is 4. The van der Waals surface area contributed by atoms with Crippen LogP contribution in [0.5, 0.6) is 11.5 Å². The zero-order valence-corrected chi connectivity index (χ0v) is 5.89. The normalized spacial score (nSPS) is 9.33. The maximum atomic E-state index is 10.7. The Morgan fingerprint density at radius 3 is 2.17 bits per heavy atom. The third kappa shape index (κ3) is 1.24. The van der Waals surface area contributed by atoms with Crippen molar-refractivity contribution in [3.63, 3.8) is 0 Å². The van der Waals surface area contributed by atoms with E-state index in [-0.39, 0.29) is 0 Å². The zero-order valence-electron chi connectivity index (χ0n) is 5.89. The first-order chi connectivity index (χ1) is 5.66. The lowest BCUT2D eigenvalue weighted by Crippen LogP contribution is -1.94. The number of rotatable bonds is 1. The molecule has 0 unspecified atom stereocenters. The largest absolute Gasteiger partial charge is 0.507 e. The third-order valence-electron chi connectivity index (χ3n) is 1.32. The van der Waals surface area contributed by atoms with Gasteiger partial charge in [0, 0.05) is 5.18 Å². The summed E-state index contributed by atoms with van der Waals surface area (Å²) in [5, 5.41) is 20.1. The maximum absolute atomic E-state index is 10.7. The Bertz CT molecular complexity index is 314. The van der Waals surface area contributed by atoms with Gasteiger partial charge >= 0.3 is 5.91 Å². The van der Waals surface area contributed by atoms with E-state index in [0.29, 0.717) is 0 Å². The van der Waals surface area contributed by atoms with Crippen LogP contribution in [0.2, 0.25) is 0 Å².